The third-order valence-corrected chi connectivity index (χ3v) is 6.49. The number of likely N-dealkylation sites (tertiary alicyclic amines) is 1. The predicted molar refractivity (Wildman–Crippen MR) is 121 cm³/mol. The second-order valence-electron chi connectivity index (χ2n) is 9.12. The van der Waals surface area contributed by atoms with Gasteiger partial charge in [-0.05, 0) is 19.8 Å². The van der Waals surface area contributed by atoms with Crippen LogP contribution in [0.3, 0.4) is 0 Å². The Kier molecular flexibility index (Phi) is 7.80. The zero-order valence-electron chi connectivity index (χ0n) is 20.1. The van der Waals surface area contributed by atoms with Crippen molar-refractivity contribution in [1.82, 2.24) is 25.1 Å². The highest BCUT2D eigenvalue weighted by atomic mass is 19.4. The molecule has 10 nitrogen and oxygen atoms in total. The average molecular weight is 549 g/mol. The summed E-state index contributed by atoms with van der Waals surface area (Å²) >= 11 is 0. The van der Waals surface area contributed by atoms with Crippen LogP contribution in [0.1, 0.15) is 37.3 Å². The van der Waals surface area contributed by atoms with Crippen molar-refractivity contribution in [2.24, 2.45) is 0 Å². The van der Waals surface area contributed by atoms with Gasteiger partial charge in [-0.3, -0.25) is 9.59 Å². The molecule has 1 amide bonds. The van der Waals surface area contributed by atoms with E-state index in [-0.39, 0.29) is 43.6 Å². The summed E-state index contributed by atoms with van der Waals surface area (Å²) in [5.41, 5.74) is -4.15. The van der Waals surface area contributed by atoms with Gasteiger partial charge in [0.05, 0.1) is 49.2 Å². The van der Waals surface area contributed by atoms with Crippen LogP contribution in [0.25, 0.3) is 0 Å². The number of nitrogens with one attached hydrogen (secondary N) is 2. The maximum absolute atomic E-state index is 13.2. The molecule has 0 saturated carbocycles. The Bertz CT molecular complexity index is 1190. The summed E-state index contributed by atoms with van der Waals surface area (Å²) < 4.78 is 83.3. The van der Waals surface area contributed by atoms with E-state index in [2.05, 4.69) is 20.4 Å². The Hall–Kier alpha value is -3.43. The van der Waals surface area contributed by atoms with Gasteiger partial charge in [-0.15, -0.1) is 0 Å². The van der Waals surface area contributed by atoms with E-state index in [1.807, 2.05) is 4.90 Å². The molecule has 2 aliphatic heterocycles. The predicted octanol–water partition coefficient (Wildman–Crippen LogP) is 2.68. The summed E-state index contributed by atoms with van der Waals surface area (Å²) in [5, 5.41) is 7.71. The molecular weight excluding hydrogens is 524 g/mol. The number of aromatic amines is 1. The van der Waals surface area contributed by atoms with E-state index in [0.717, 1.165) is 18.6 Å². The van der Waals surface area contributed by atoms with E-state index in [9.17, 15) is 35.9 Å². The first kappa shape index (κ1) is 27.6. The number of nitrogens with zero attached hydrogens (tertiary/aromatic N) is 5. The van der Waals surface area contributed by atoms with E-state index in [1.54, 1.807) is 16.9 Å². The van der Waals surface area contributed by atoms with Gasteiger partial charge in [0.2, 0.25) is 11.9 Å². The van der Waals surface area contributed by atoms with Crippen LogP contribution >= 0.6 is 0 Å². The van der Waals surface area contributed by atoms with E-state index >= 15 is 0 Å². The summed E-state index contributed by atoms with van der Waals surface area (Å²) in [5.74, 6) is 0.0281. The van der Waals surface area contributed by atoms with Crippen LogP contribution in [-0.2, 0) is 21.9 Å². The first-order valence-electron chi connectivity index (χ1n) is 11.8. The number of fused-ring (bicyclic) bond motifs is 1. The number of anilines is 2. The first-order chi connectivity index (χ1) is 17.9. The normalized spacial score (nSPS) is 20.5. The van der Waals surface area contributed by atoms with Gasteiger partial charge >= 0.3 is 12.4 Å². The van der Waals surface area contributed by atoms with E-state index in [1.165, 1.54) is 0 Å². The molecule has 0 spiro atoms. The number of H-pyrrole nitrogens is 1. The summed E-state index contributed by atoms with van der Waals surface area (Å²) in [7, 11) is 0. The molecule has 4 rings (SSSR count). The molecule has 0 radical (unpaired) electrons. The number of hydrogen-bond acceptors (Lipinski definition) is 8. The highest BCUT2D eigenvalue weighted by molar-refractivity contribution is 5.77. The quantitative estimate of drug-likeness (QED) is 0.382. The fourth-order valence-corrected chi connectivity index (χ4v) is 4.82. The molecule has 2 aromatic rings. The molecule has 0 bridgehead atoms. The first-order valence-corrected chi connectivity index (χ1v) is 11.8. The summed E-state index contributed by atoms with van der Waals surface area (Å²) in [4.78, 5) is 35.6. The van der Waals surface area contributed by atoms with Crippen molar-refractivity contribution in [3.63, 3.8) is 0 Å². The van der Waals surface area contributed by atoms with Crippen molar-refractivity contribution in [2.75, 3.05) is 36.5 Å². The van der Waals surface area contributed by atoms with Crippen molar-refractivity contribution in [1.29, 1.82) is 0 Å². The van der Waals surface area contributed by atoms with Crippen LogP contribution in [0, 0.1) is 0 Å². The van der Waals surface area contributed by atoms with Crippen LogP contribution in [0.15, 0.2) is 23.4 Å². The second-order valence-corrected chi connectivity index (χ2v) is 9.12. The number of ether oxygens (including phenoxy) is 1. The fraction of sp³-hybridized carbons (Fsp3) is 0.591. The zero-order chi connectivity index (χ0) is 27.7. The van der Waals surface area contributed by atoms with Crippen molar-refractivity contribution < 1.29 is 35.9 Å². The van der Waals surface area contributed by atoms with E-state index in [4.69, 9.17) is 4.74 Å². The summed E-state index contributed by atoms with van der Waals surface area (Å²) in [6.07, 6.45) is -5.74. The van der Waals surface area contributed by atoms with Crippen LogP contribution < -0.4 is 15.8 Å². The van der Waals surface area contributed by atoms with Gasteiger partial charge in [0, 0.05) is 31.5 Å². The van der Waals surface area contributed by atoms with Gasteiger partial charge in [-0.1, -0.05) is 0 Å². The number of carbonyl (C=O) groups is 1. The molecule has 2 N–H and O–H groups in total. The lowest BCUT2D eigenvalue weighted by Gasteiger charge is -2.26. The lowest BCUT2D eigenvalue weighted by Crippen LogP contribution is -2.40. The Morgan fingerprint density at radius 3 is 2.45 bits per heavy atom. The number of aromatic nitrogens is 4. The third-order valence-electron chi connectivity index (χ3n) is 6.49. The smallest absolute Gasteiger partial charge is 0.379 e. The molecule has 2 aliphatic rings. The van der Waals surface area contributed by atoms with Crippen molar-refractivity contribution in [3.05, 3.63) is 40.1 Å². The van der Waals surface area contributed by atoms with Gasteiger partial charge in [0.15, 0.2) is 0 Å². The number of halogens is 6. The van der Waals surface area contributed by atoms with Crippen LogP contribution in [0.4, 0.5) is 38.0 Å². The maximum atomic E-state index is 13.2. The SMILES string of the molecule is CC(COCCC(=O)N1CC[C@@H]2[C@H]1CCN2c1ncc(C(F)(F)F)cn1)Nc1cn[nH]c(=O)c1C(F)(F)F. The maximum Gasteiger partial charge on any atom is 0.423 e. The molecule has 1 unspecified atom stereocenters. The molecule has 2 aromatic heterocycles. The second kappa shape index (κ2) is 10.7. The van der Waals surface area contributed by atoms with Gasteiger partial charge in [-0.2, -0.15) is 31.4 Å². The molecule has 2 fully saturated rings. The van der Waals surface area contributed by atoms with Crippen molar-refractivity contribution in [3.8, 4) is 0 Å². The third kappa shape index (κ3) is 6.00. The molecule has 208 valence electrons. The van der Waals surface area contributed by atoms with Crippen LogP contribution in [0.5, 0.6) is 0 Å². The number of amides is 1. The van der Waals surface area contributed by atoms with E-state index in [0.29, 0.717) is 25.9 Å². The number of alkyl halides is 6. The van der Waals surface area contributed by atoms with Gasteiger partial charge < -0.3 is 19.9 Å². The average Bonchev–Trinajstić information content (AvgIpc) is 3.43. The largest absolute Gasteiger partial charge is 0.423 e. The van der Waals surface area contributed by atoms with Crippen molar-refractivity contribution in [2.45, 2.75) is 56.7 Å². The molecule has 16 heteroatoms. The topological polar surface area (TPSA) is 116 Å². The zero-order valence-corrected chi connectivity index (χ0v) is 20.1. The Labute approximate surface area is 212 Å². The molecule has 4 heterocycles. The van der Waals surface area contributed by atoms with Gasteiger partial charge in [0.1, 0.15) is 5.56 Å². The van der Waals surface area contributed by atoms with Crippen LogP contribution in [-0.4, -0.2) is 75.4 Å². The summed E-state index contributed by atoms with van der Waals surface area (Å²) in [6, 6.07) is -0.845. The minimum absolute atomic E-state index is 0.0253. The Morgan fingerprint density at radius 2 is 1.79 bits per heavy atom. The molecule has 2 saturated heterocycles. The molecule has 38 heavy (non-hydrogen) atoms. The number of rotatable bonds is 8. The van der Waals surface area contributed by atoms with E-state index < -0.39 is 40.8 Å². The summed E-state index contributed by atoms with van der Waals surface area (Å²) in [6.45, 7) is 2.54. The molecule has 0 aliphatic carbocycles. The Balaban J connectivity index is 1.25. The highest BCUT2D eigenvalue weighted by Crippen LogP contribution is 2.35. The van der Waals surface area contributed by atoms with Crippen molar-refractivity contribution >= 4 is 17.5 Å². The minimum Gasteiger partial charge on any atom is -0.379 e. The van der Waals surface area contributed by atoms with Gasteiger partial charge in [0.25, 0.3) is 5.56 Å². The standard InChI is InChI=1S/C22H25F6N7O3/c1-12(32-14-10-31-33-19(37)18(14)22(26,27)28)11-38-7-4-17(36)34-5-2-16-15(34)3-6-35(16)20-29-8-13(9-30-20)21(23,24)25/h8-10,12,15-16H,2-7,11H2,1H3,(H2,32,33,37)/t12?,15-,16-/m1/s1. The Morgan fingerprint density at radius 1 is 1.11 bits per heavy atom. The molecular formula is C22H25F6N7O3. The molecule has 0 aromatic carbocycles. The van der Waals surface area contributed by atoms with Crippen LogP contribution in [0.2, 0.25) is 0 Å². The minimum atomic E-state index is -4.87. The fourth-order valence-electron chi connectivity index (χ4n) is 4.82. The number of carbonyl (C=O) groups excluding carboxylic acids is 1. The van der Waals surface area contributed by atoms with Gasteiger partial charge in [-0.25, -0.2) is 15.1 Å². The molecule has 3 atom stereocenters. The number of hydrogen-bond donors (Lipinski definition) is 2. The lowest BCUT2D eigenvalue weighted by molar-refractivity contribution is -0.139. The lowest BCUT2D eigenvalue weighted by atomic mass is 10.1. The highest BCUT2D eigenvalue weighted by Gasteiger charge is 2.45. The monoisotopic (exact) mass is 549 g/mol.